The van der Waals surface area contributed by atoms with Gasteiger partial charge in [-0.15, -0.1) is 5.10 Å². The molecule has 0 aromatic heterocycles. The van der Waals surface area contributed by atoms with Crippen LogP contribution < -0.4 is 5.73 Å². The van der Waals surface area contributed by atoms with Gasteiger partial charge in [0.15, 0.2) is 0 Å². The second-order valence-electron chi connectivity index (χ2n) is 4.14. The van der Waals surface area contributed by atoms with Crippen molar-refractivity contribution in [2.45, 2.75) is 20.3 Å². The molecule has 3 nitrogen and oxygen atoms in total. The van der Waals surface area contributed by atoms with E-state index >= 15 is 0 Å². The van der Waals surface area contributed by atoms with Crippen molar-refractivity contribution in [2.75, 3.05) is 0 Å². The summed E-state index contributed by atoms with van der Waals surface area (Å²) in [6.45, 7) is 3.92. The molecule has 0 amide bonds. The zero-order valence-electron chi connectivity index (χ0n) is 9.37. The van der Waals surface area contributed by atoms with Gasteiger partial charge in [0.2, 0.25) is 0 Å². The molecule has 4 heteroatoms. The minimum Gasteiger partial charge on any atom is -0.385 e. The largest absolute Gasteiger partial charge is 0.385 e. The van der Waals surface area contributed by atoms with Crippen molar-refractivity contribution in [3.63, 3.8) is 0 Å². The van der Waals surface area contributed by atoms with Crippen molar-refractivity contribution in [2.24, 2.45) is 21.9 Å². The fourth-order valence-electron chi connectivity index (χ4n) is 1.72. The number of rotatable bonds is 1. The van der Waals surface area contributed by atoms with Gasteiger partial charge in [0.05, 0.1) is 5.71 Å². The van der Waals surface area contributed by atoms with Gasteiger partial charge in [0, 0.05) is 17.9 Å². The molecule has 0 radical (unpaired) electrons. The van der Waals surface area contributed by atoms with Crippen LogP contribution in [0.3, 0.4) is 0 Å². The summed E-state index contributed by atoms with van der Waals surface area (Å²) in [4.78, 5) is 0. The van der Waals surface area contributed by atoms with Gasteiger partial charge < -0.3 is 5.73 Å². The molecule has 2 rings (SSSR count). The lowest BCUT2D eigenvalue weighted by molar-refractivity contribution is 0.626. The fourth-order valence-corrected chi connectivity index (χ4v) is 1.72. The molecule has 0 spiro atoms. The van der Waals surface area contributed by atoms with Crippen LogP contribution in [0.1, 0.15) is 24.5 Å². The highest BCUT2D eigenvalue weighted by molar-refractivity contribution is 6.05. The maximum absolute atomic E-state index is 13.2. The summed E-state index contributed by atoms with van der Waals surface area (Å²) in [6.07, 6.45) is 0.708. The number of hydrogen-bond acceptors (Lipinski definition) is 3. The van der Waals surface area contributed by atoms with Crippen LogP contribution in [0.4, 0.5) is 4.39 Å². The molecule has 0 aliphatic carbocycles. The lowest BCUT2D eigenvalue weighted by atomic mass is 9.94. The van der Waals surface area contributed by atoms with E-state index in [0.29, 0.717) is 12.3 Å². The van der Waals surface area contributed by atoms with Gasteiger partial charge in [-0.2, -0.15) is 5.10 Å². The average molecular weight is 219 g/mol. The first kappa shape index (κ1) is 10.8. The van der Waals surface area contributed by atoms with Crippen molar-refractivity contribution in [1.29, 1.82) is 0 Å². The number of aryl methyl sites for hydroxylation is 1. The molecule has 0 fully saturated rings. The monoisotopic (exact) mass is 219 g/mol. The smallest absolute Gasteiger partial charge is 0.125 e. The lowest BCUT2D eigenvalue weighted by Gasteiger charge is -2.17. The van der Waals surface area contributed by atoms with Crippen LogP contribution in [0.2, 0.25) is 0 Å². The van der Waals surface area contributed by atoms with Gasteiger partial charge in [-0.1, -0.05) is 13.0 Å². The Morgan fingerprint density at radius 1 is 1.38 bits per heavy atom. The second-order valence-corrected chi connectivity index (χ2v) is 4.14. The summed E-state index contributed by atoms with van der Waals surface area (Å²) >= 11 is 0. The Morgan fingerprint density at radius 2 is 2.12 bits per heavy atom. The highest BCUT2D eigenvalue weighted by Gasteiger charge is 2.18. The van der Waals surface area contributed by atoms with Gasteiger partial charge in [-0.3, -0.25) is 0 Å². The molecule has 1 unspecified atom stereocenters. The molecule has 0 saturated carbocycles. The third kappa shape index (κ3) is 1.96. The first-order valence-electron chi connectivity index (χ1n) is 5.24. The van der Waals surface area contributed by atoms with E-state index in [9.17, 15) is 4.39 Å². The Balaban J connectivity index is 2.42. The molecule has 0 saturated heterocycles. The molecular weight excluding hydrogens is 205 g/mol. The molecule has 1 aromatic carbocycles. The Hall–Kier alpha value is -1.71. The third-order valence-corrected chi connectivity index (χ3v) is 2.80. The molecule has 84 valence electrons. The van der Waals surface area contributed by atoms with Crippen LogP contribution in [0, 0.1) is 18.7 Å². The zero-order chi connectivity index (χ0) is 11.7. The number of halogens is 1. The molecule has 0 bridgehead atoms. The van der Waals surface area contributed by atoms with E-state index in [2.05, 4.69) is 10.2 Å². The summed E-state index contributed by atoms with van der Waals surface area (Å²) < 4.78 is 13.2. The van der Waals surface area contributed by atoms with Crippen LogP contribution in [0.25, 0.3) is 0 Å². The van der Waals surface area contributed by atoms with E-state index in [-0.39, 0.29) is 11.7 Å². The minimum atomic E-state index is -0.251. The molecule has 1 heterocycles. The summed E-state index contributed by atoms with van der Waals surface area (Å²) in [6, 6.07) is 4.70. The Labute approximate surface area is 93.9 Å². The molecule has 16 heavy (non-hydrogen) atoms. The van der Waals surface area contributed by atoms with E-state index in [1.807, 2.05) is 13.8 Å². The first-order chi connectivity index (χ1) is 7.58. The van der Waals surface area contributed by atoms with E-state index in [0.717, 1.165) is 16.8 Å². The SMILES string of the molecule is Cc1ccc(F)cc1C1=NN=C(N)C(C)C1. The summed E-state index contributed by atoms with van der Waals surface area (Å²) in [7, 11) is 0. The Kier molecular flexibility index (Phi) is 2.73. The normalized spacial score (nSPS) is 20.3. The Morgan fingerprint density at radius 3 is 2.81 bits per heavy atom. The predicted molar refractivity (Wildman–Crippen MR) is 63.1 cm³/mol. The number of nitrogens with two attached hydrogens (primary N) is 1. The van der Waals surface area contributed by atoms with Crippen molar-refractivity contribution in [3.05, 3.63) is 35.1 Å². The van der Waals surface area contributed by atoms with E-state index in [1.165, 1.54) is 12.1 Å². The third-order valence-electron chi connectivity index (χ3n) is 2.80. The quantitative estimate of drug-likeness (QED) is 0.773. The number of amidine groups is 1. The summed E-state index contributed by atoms with van der Waals surface area (Å²) in [5.74, 6) is 0.450. The van der Waals surface area contributed by atoms with Crippen molar-refractivity contribution < 1.29 is 4.39 Å². The van der Waals surface area contributed by atoms with E-state index in [1.54, 1.807) is 6.07 Å². The van der Waals surface area contributed by atoms with Crippen LogP contribution >= 0.6 is 0 Å². The maximum atomic E-state index is 13.2. The fraction of sp³-hybridized carbons (Fsp3) is 0.333. The zero-order valence-corrected chi connectivity index (χ0v) is 9.37. The van der Waals surface area contributed by atoms with Crippen molar-refractivity contribution >= 4 is 11.5 Å². The van der Waals surface area contributed by atoms with Crippen LogP contribution in [-0.2, 0) is 0 Å². The minimum absolute atomic E-state index is 0.162. The highest BCUT2D eigenvalue weighted by Crippen LogP contribution is 2.19. The molecule has 1 aliphatic rings. The van der Waals surface area contributed by atoms with Crippen molar-refractivity contribution in [1.82, 2.24) is 0 Å². The van der Waals surface area contributed by atoms with E-state index in [4.69, 9.17) is 5.73 Å². The molecule has 1 atom stereocenters. The summed E-state index contributed by atoms with van der Waals surface area (Å²) in [5, 5.41) is 7.95. The number of benzene rings is 1. The summed E-state index contributed by atoms with van der Waals surface area (Å²) in [5.41, 5.74) is 8.28. The predicted octanol–water partition coefficient (Wildman–Crippen LogP) is 2.24. The van der Waals surface area contributed by atoms with E-state index < -0.39 is 0 Å². The molecule has 1 aromatic rings. The number of hydrogen-bond donors (Lipinski definition) is 1. The second kappa shape index (κ2) is 4.04. The average Bonchev–Trinajstić information content (AvgIpc) is 2.26. The van der Waals surface area contributed by atoms with Gasteiger partial charge >= 0.3 is 0 Å². The number of nitrogens with zero attached hydrogens (tertiary/aromatic N) is 2. The van der Waals surface area contributed by atoms with Crippen LogP contribution in [0.15, 0.2) is 28.4 Å². The molecular formula is C12H14FN3. The maximum Gasteiger partial charge on any atom is 0.125 e. The van der Waals surface area contributed by atoms with Gasteiger partial charge in [-0.25, -0.2) is 4.39 Å². The van der Waals surface area contributed by atoms with Crippen LogP contribution in [-0.4, -0.2) is 11.5 Å². The lowest BCUT2D eigenvalue weighted by Crippen LogP contribution is -2.27. The molecule has 1 aliphatic heterocycles. The highest BCUT2D eigenvalue weighted by atomic mass is 19.1. The molecule has 2 N–H and O–H groups in total. The van der Waals surface area contributed by atoms with Gasteiger partial charge in [-0.05, 0) is 24.6 Å². The van der Waals surface area contributed by atoms with Gasteiger partial charge in [0.1, 0.15) is 11.7 Å². The van der Waals surface area contributed by atoms with Gasteiger partial charge in [0.25, 0.3) is 0 Å². The Bertz CT molecular complexity index is 477. The topological polar surface area (TPSA) is 50.7 Å². The van der Waals surface area contributed by atoms with Crippen LogP contribution in [0.5, 0.6) is 0 Å². The van der Waals surface area contributed by atoms with Crippen molar-refractivity contribution in [3.8, 4) is 0 Å². The standard InChI is InChI=1S/C12H14FN3/c1-7-3-4-9(13)6-10(7)11-5-8(2)12(14)16-15-11/h3-4,6,8H,5H2,1-2H3,(H2,14,16). The first-order valence-corrected chi connectivity index (χ1v) is 5.24.